The molecular formula is C24H27FN2O2. The molecule has 2 aromatic carbocycles. The summed E-state index contributed by atoms with van der Waals surface area (Å²) in [5, 5.41) is 2.81. The summed E-state index contributed by atoms with van der Waals surface area (Å²) in [6.45, 7) is 9.62. The van der Waals surface area contributed by atoms with Crippen LogP contribution in [0.1, 0.15) is 55.5 Å². The number of nitrogens with zero attached hydrogens (tertiary/aromatic N) is 1. The second-order valence-electron chi connectivity index (χ2n) is 7.66. The molecule has 29 heavy (non-hydrogen) atoms. The standard InChI is InChI=1S/C24H27FN2O2/c1-4-27(5-2)12-6-7-16-8-10-18-19(13-16)15(3)29-23(18)22-20-14-17(25)9-11-21(20)26-24(22)28/h8-11,13-15H,4-7,12H2,1-3H3,(H,26,28)/b23-22-. The van der Waals surface area contributed by atoms with Gasteiger partial charge >= 0.3 is 0 Å². The zero-order valence-corrected chi connectivity index (χ0v) is 17.2. The number of carbonyl (C=O) groups excluding carboxylic acids is 1. The van der Waals surface area contributed by atoms with E-state index >= 15 is 0 Å². The van der Waals surface area contributed by atoms with Crippen LogP contribution in [0.5, 0.6) is 0 Å². The normalized spacial score (nSPS) is 19.9. The van der Waals surface area contributed by atoms with Gasteiger partial charge in [0.1, 0.15) is 17.7 Å². The Morgan fingerprint density at radius 1 is 1.10 bits per heavy atom. The largest absolute Gasteiger partial charge is 0.484 e. The van der Waals surface area contributed by atoms with Crippen LogP contribution in [0.25, 0.3) is 11.3 Å². The van der Waals surface area contributed by atoms with E-state index in [0.29, 0.717) is 22.6 Å². The molecule has 0 saturated heterocycles. The van der Waals surface area contributed by atoms with Crippen LogP contribution in [0, 0.1) is 5.82 Å². The van der Waals surface area contributed by atoms with Crippen LogP contribution < -0.4 is 5.32 Å². The summed E-state index contributed by atoms with van der Waals surface area (Å²) in [5.74, 6) is -0.0684. The zero-order valence-electron chi connectivity index (χ0n) is 17.2. The van der Waals surface area contributed by atoms with Crippen molar-refractivity contribution in [1.29, 1.82) is 0 Å². The molecular weight excluding hydrogens is 367 g/mol. The van der Waals surface area contributed by atoms with Crippen molar-refractivity contribution in [3.63, 3.8) is 0 Å². The maximum atomic E-state index is 13.8. The molecule has 2 aliphatic rings. The number of rotatable bonds is 6. The molecule has 5 heteroatoms. The summed E-state index contributed by atoms with van der Waals surface area (Å²) in [7, 11) is 0. The molecule has 0 bridgehead atoms. The van der Waals surface area contributed by atoms with Gasteiger partial charge in [-0.2, -0.15) is 0 Å². The highest BCUT2D eigenvalue weighted by Crippen LogP contribution is 2.45. The van der Waals surface area contributed by atoms with Crippen LogP contribution in [0.4, 0.5) is 10.1 Å². The summed E-state index contributed by atoms with van der Waals surface area (Å²) in [6.07, 6.45) is 1.98. The molecule has 0 saturated carbocycles. The summed E-state index contributed by atoms with van der Waals surface area (Å²) in [5.41, 5.74) is 4.89. The third kappa shape index (κ3) is 3.67. The molecule has 4 nitrogen and oxygen atoms in total. The zero-order chi connectivity index (χ0) is 20.5. The first-order valence-corrected chi connectivity index (χ1v) is 10.4. The van der Waals surface area contributed by atoms with E-state index in [4.69, 9.17) is 4.74 Å². The summed E-state index contributed by atoms with van der Waals surface area (Å²) in [4.78, 5) is 15.0. The Balaban J connectivity index is 1.63. The summed E-state index contributed by atoms with van der Waals surface area (Å²) >= 11 is 0. The molecule has 2 aliphatic heterocycles. The van der Waals surface area contributed by atoms with Crippen molar-refractivity contribution in [1.82, 2.24) is 4.90 Å². The highest BCUT2D eigenvalue weighted by atomic mass is 19.1. The van der Waals surface area contributed by atoms with E-state index in [0.717, 1.165) is 43.6 Å². The first-order valence-electron chi connectivity index (χ1n) is 10.4. The van der Waals surface area contributed by atoms with Crippen LogP contribution in [-0.4, -0.2) is 30.4 Å². The molecule has 1 amide bonds. The molecule has 0 radical (unpaired) electrons. The fourth-order valence-electron chi connectivity index (χ4n) is 4.22. The van der Waals surface area contributed by atoms with Gasteiger partial charge < -0.3 is 15.0 Å². The number of hydrogen-bond donors (Lipinski definition) is 1. The monoisotopic (exact) mass is 394 g/mol. The molecule has 152 valence electrons. The number of aryl methyl sites for hydroxylation is 1. The van der Waals surface area contributed by atoms with E-state index < -0.39 is 0 Å². The fourth-order valence-corrected chi connectivity index (χ4v) is 4.22. The van der Waals surface area contributed by atoms with Gasteiger partial charge in [0.05, 0.1) is 5.57 Å². The number of anilines is 1. The summed E-state index contributed by atoms with van der Waals surface area (Å²) in [6, 6.07) is 10.7. The average Bonchev–Trinajstić information content (AvgIpc) is 3.20. The van der Waals surface area contributed by atoms with Gasteiger partial charge in [-0.25, -0.2) is 4.39 Å². The summed E-state index contributed by atoms with van der Waals surface area (Å²) < 4.78 is 19.9. The topological polar surface area (TPSA) is 41.6 Å². The Morgan fingerprint density at radius 2 is 1.90 bits per heavy atom. The second kappa shape index (κ2) is 7.99. The minimum Gasteiger partial charge on any atom is -0.484 e. The predicted molar refractivity (Wildman–Crippen MR) is 114 cm³/mol. The quantitative estimate of drug-likeness (QED) is 0.700. The van der Waals surface area contributed by atoms with Crippen molar-refractivity contribution in [3.05, 3.63) is 64.5 Å². The van der Waals surface area contributed by atoms with E-state index in [2.05, 4.69) is 36.2 Å². The van der Waals surface area contributed by atoms with Gasteiger partial charge in [-0.3, -0.25) is 4.79 Å². The van der Waals surface area contributed by atoms with Gasteiger partial charge in [-0.15, -0.1) is 0 Å². The molecule has 0 aliphatic carbocycles. The Hall–Kier alpha value is -2.66. The lowest BCUT2D eigenvalue weighted by molar-refractivity contribution is -0.110. The minimum atomic E-state index is -0.367. The second-order valence-corrected chi connectivity index (χ2v) is 7.66. The van der Waals surface area contributed by atoms with Crippen molar-refractivity contribution in [2.45, 2.75) is 39.7 Å². The van der Waals surface area contributed by atoms with Crippen LogP contribution in [0.15, 0.2) is 36.4 Å². The maximum Gasteiger partial charge on any atom is 0.260 e. The number of fused-ring (bicyclic) bond motifs is 2. The molecule has 0 aromatic heterocycles. The lowest BCUT2D eigenvalue weighted by Gasteiger charge is -2.17. The number of benzene rings is 2. The van der Waals surface area contributed by atoms with Crippen LogP contribution in [-0.2, 0) is 16.0 Å². The number of carbonyl (C=O) groups is 1. The van der Waals surface area contributed by atoms with Gasteiger partial charge in [-0.05, 0) is 63.2 Å². The van der Waals surface area contributed by atoms with E-state index in [1.54, 1.807) is 6.07 Å². The van der Waals surface area contributed by atoms with Gasteiger partial charge in [0.25, 0.3) is 5.91 Å². The molecule has 0 spiro atoms. The van der Waals surface area contributed by atoms with E-state index in [-0.39, 0.29) is 17.8 Å². The third-order valence-corrected chi connectivity index (χ3v) is 5.88. The fraction of sp³-hybridized carbons (Fsp3) is 0.375. The lowest BCUT2D eigenvalue weighted by atomic mass is 9.96. The van der Waals surface area contributed by atoms with Crippen LogP contribution in [0.2, 0.25) is 0 Å². The highest BCUT2D eigenvalue weighted by molar-refractivity contribution is 6.36. The first kappa shape index (κ1) is 19.6. The molecule has 0 fully saturated rings. The van der Waals surface area contributed by atoms with E-state index in [1.807, 2.05) is 13.0 Å². The Morgan fingerprint density at radius 3 is 2.66 bits per heavy atom. The van der Waals surface area contributed by atoms with Gasteiger partial charge in [-0.1, -0.05) is 32.0 Å². The predicted octanol–water partition coefficient (Wildman–Crippen LogP) is 5.01. The molecule has 1 atom stereocenters. The number of nitrogens with one attached hydrogen (secondary N) is 1. The van der Waals surface area contributed by atoms with Crippen molar-refractivity contribution in [2.24, 2.45) is 0 Å². The first-order chi connectivity index (χ1) is 14.0. The smallest absolute Gasteiger partial charge is 0.260 e. The average molecular weight is 394 g/mol. The molecule has 4 rings (SSSR count). The van der Waals surface area contributed by atoms with Crippen molar-refractivity contribution < 1.29 is 13.9 Å². The Kier molecular flexibility index (Phi) is 5.41. The minimum absolute atomic E-state index is 0.138. The molecule has 1 N–H and O–H groups in total. The lowest BCUT2D eigenvalue weighted by Crippen LogP contribution is -2.24. The number of ether oxygens (including phenoxy) is 1. The van der Waals surface area contributed by atoms with Crippen molar-refractivity contribution in [2.75, 3.05) is 25.0 Å². The number of hydrogen-bond acceptors (Lipinski definition) is 3. The Bertz CT molecular complexity index is 979. The van der Waals surface area contributed by atoms with Crippen LogP contribution >= 0.6 is 0 Å². The van der Waals surface area contributed by atoms with E-state index in [1.165, 1.54) is 17.7 Å². The number of amides is 1. The van der Waals surface area contributed by atoms with Crippen molar-refractivity contribution in [3.8, 4) is 0 Å². The third-order valence-electron chi connectivity index (χ3n) is 5.88. The molecule has 1 unspecified atom stereocenters. The maximum absolute atomic E-state index is 13.8. The van der Waals surface area contributed by atoms with Crippen molar-refractivity contribution >= 4 is 22.9 Å². The van der Waals surface area contributed by atoms with E-state index in [9.17, 15) is 9.18 Å². The van der Waals surface area contributed by atoms with Gasteiger partial charge in [0, 0.05) is 22.4 Å². The molecule has 2 aromatic rings. The van der Waals surface area contributed by atoms with Gasteiger partial charge in [0.15, 0.2) is 0 Å². The van der Waals surface area contributed by atoms with Gasteiger partial charge in [0.2, 0.25) is 0 Å². The SMILES string of the molecule is CCN(CC)CCCc1ccc2c(c1)C(C)O/C2=C1\C(=O)Nc2ccc(F)cc21. The Labute approximate surface area is 171 Å². The number of halogens is 1. The highest BCUT2D eigenvalue weighted by Gasteiger charge is 2.35. The molecule has 2 heterocycles. The van der Waals surface area contributed by atoms with Crippen LogP contribution in [0.3, 0.4) is 0 Å².